The van der Waals surface area contributed by atoms with Crippen molar-refractivity contribution in [1.29, 1.82) is 0 Å². The third-order valence-electron chi connectivity index (χ3n) is 2.60. The molecule has 0 radical (unpaired) electrons. The summed E-state index contributed by atoms with van der Waals surface area (Å²) in [4.78, 5) is 4.19. The van der Waals surface area contributed by atoms with Crippen LogP contribution in [-0.4, -0.2) is 31.3 Å². The first-order valence-corrected chi connectivity index (χ1v) is 5.50. The van der Waals surface area contributed by atoms with E-state index in [0.29, 0.717) is 23.6 Å². The van der Waals surface area contributed by atoms with Gasteiger partial charge in [-0.15, -0.1) is 10.2 Å². The molecule has 0 spiro atoms. The fraction of sp³-hybridized carbons (Fsp3) is 0.500. The van der Waals surface area contributed by atoms with E-state index in [4.69, 9.17) is 16.7 Å². The normalized spacial score (nSPS) is 11.2. The number of nitrogens with zero attached hydrogens (tertiary/aromatic N) is 4. The summed E-state index contributed by atoms with van der Waals surface area (Å²) < 4.78 is 1.90. The number of hydrogen-bond donors (Lipinski definition) is 1. The Labute approximate surface area is 98.1 Å². The van der Waals surface area contributed by atoms with Gasteiger partial charge in [-0.3, -0.25) is 4.40 Å². The molecule has 2 rings (SSSR count). The van der Waals surface area contributed by atoms with E-state index in [1.807, 2.05) is 18.2 Å². The van der Waals surface area contributed by atoms with E-state index in [-0.39, 0.29) is 6.61 Å². The summed E-state index contributed by atoms with van der Waals surface area (Å²) in [5.74, 6) is 0.814. The number of fused-ring (bicyclic) bond motifs is 1. The lowest BCUT2D eigenvalue weighted by Gasteiger charge is -2.06. The first-order chi connectivity index (χ1) is 7.65. The third kappa shape index (κ3) is 1.76. The highest BCUT2D eigenvalue weighted by molar-refractivity contribution is 6.32. The highest BCUT2D eigenvalue weighted by Gasteiger charge is 2.13. The van der Waals surface area contributed by atoms with Gasteiger partial charge in [-0.2, -0.15) is 0 Å². The van der Waals surface area contributed by atoms with Gasteiger partial charge in [0.15, 0.2) is 10.8 Å². The van der Waals surface area contributed by atoms with E-state index in [1.54, 1.807) is 0 Å². The average Bonchev–Trinajstić information content (AvgIpc) is 2.67. The van der Waals surface area contributed by atoms with Crippen molar-refractivity contribution in [3.63, 3.8) is 0 Å². The maximum Gasteiger partial charge on any atom is 0.198 e. The summed E-state index contributed by atoms with van der Waals surface area (Å²) in [5, 5.41) is 17.3. The SMILES string of the molecule is Cc1nc(Cl)c2nnc(CCCO)n2c1C. The smallest absolute Gasteiger partial charge is 0.198 e. The molecule has 0 unspecified atom stereocenters. The molecule has 0 aliphatic heterocycles. The quantitative estimate of drug-likeness (QED) is 0.879. The van der Waals surface area contributed by atoms with Gasteiger partial charge in [0.25, 0.3) is 0 Å². The van der Waals surface area contributed by atoms with Gasteiger partial charge in [-0.05, 0) is 20.3 Å². The zero-order valence-electron chi connectivity index (χ0n) is 9.24. The van der Waals surface area contributed by atoms with E-state index >= 15 is 0 Å². The largest absolute Gasteiger partial charge is 0.396 e. The molecule has 6 heteroatoms. The van der Waals surface area contributed by atoms with Gasteiger partial charge >= 0.3 is 0 Å². The molecular weight excluding hydrogens is 228 g/mol. The molecule has 2 aromatic rings. The summed E-state index contributed by atoms with van der Waals surface area (Å²) in [6.45, 7) is 4.00. The topological polar surface area (TPSA) is 63.3 Å². The molecule has 2 heterocycles. The molecule has 0 amide bonds. The van der Waals surface area contributed by atoms with Crippen molar-refractivity contribution in [1.82, 2.24) is 19.6 Å². The Morgan fingerprint density at radius 3 is 2.75 bits per heavy atom. The standard InChI is InChI=1S/C10H13ClN4O/c1-6-7(2)15-8(4-3-5-16)13-14-10(15)9(11)12-6/h16H,3-5H2,1-2H3. The van der Waals surface area contributed by atoms with Crippen LogP contribution in [0.1, 0.15) is 23.6 Å². The molecular formula is C10H13ClN4O. The van der Waals surface area contributed by atoms with Gasteiger partial charge in [-0.25, -0.2) is 4.98 Å². The lowest BCUT2D eigenvalue weighted by atomic mass is 10.3. The van der Waals surface area contributed by atoms with Crippen LogP contribution in [0, 0.1) is 13.8 Å². The molecule has 0 atom stereocenters. The van der Waals surface area contributed by atoms with Crippen LogP contribution in [0.3, 0.4) is 0 Å². The minimum absolute atomic E-state index is 0.145. The first-order valence-electron chi connectivity index (χ1n) is 5.12. The lowest BCUT2D eigenvalue weighted by Crippen LogP contribution is -2.04. The maximum absolute atomic E-state index is 8.82. The second-order valence-corrected chi connectivity index (χ2v) is 4.03. The lowest BCUT2D eigenvalue weighted by molar-refractivity contribution is 0.287. The van der Waals surface area contributed by atoms with Crippen LogP contribution in [0.2, 0.25) is 5.15 Å². The number of halogens is 1. The Morgan fingerprint density at radius 2 is 2.06 bits per heavy atom. The van der Waals surface area contributed by atoms with Gasteiger partial charge in [0.1, 0.15) is 5.82 Å². The number of rotatable bonds is 3. The minimum atomic E-state index is 0.145. The number of aliphatic hydroxyl groups excluding tert-OH is 1. The van der Waals surface area contributed by atoms with E-state index in [9.17, 15) is 0 Å². The fourth-order valence-electron chi connectivity index (χ4n) is 1.64. The molecule has 5 nitrogen and oxygen atoms in total. The zero-order chi connectivity index (χ0) is 11.7. The summed E-state index contributed by atoms with van der Waals surface area (Å²) in [5.41, 5.74) is 2.43. The number of aliphatic hydroxyl groups is 1. The van der Waals surface area contributed by atoms with Crippen molar-refractivity contribution in [2.45, 2.75) is 26.7 Å². The summed E-state index contributed by atoms with van der Waals surface area (Å²) in [7, 11) is 0. The van der Waals surface area contributed by atoms with Gasteiger partial charge in [-0.1, -0.05) is 11.6 Å². The van der Waals surface area contributed by atoms with Crippen molar-refractivity contribution < 1.29 is 5.11 Å². The summed E-state index contributed by atoms with van der Waals surface area (Å²) >= 11 is 6.00. The fourth-order valence-corrected chi connectivity index (χ4v) is 1.89. The van der Waals surface area contributed by atoms with Crippen LogP contribution in [0.4, 0.5) is 0 Å². The van der Waals surface area contributed by atoms with Crippen LogP contribution >= 0.6 is 11.6 Å². The Kier molecular flexibility index (Phi) is 3.07. The molecule has 86 valence electrons. The molecule has 2 aromatic heterocycles. The van der Waals surface area contributed by atoms with Gasteiger partial charge < -0.3 is 5.11 Å². The number of aryl methyl sites for hydroxylation is 3. The highest BCUT2D eigenvalue weighted by atomic mass is 35.5. The molecule has 16 heavy (non-hydrogen) atoms. The van der Waals surface area contributed by atoms with E-state index in [1.165, 1.54) is 0 Å². The van der Waals surface area contributed by atoms with Gasteiger partial charge in [0.2, 0.25) is 0 Å². The van der Waals surface area contributed by atoms with Crippen molar-refractivity contribution in [2.75, 3.05) is 6.61 Å². The van der Waals surface area contributed by atoms with Crippen LogP contribution in [0.25, 0.3) is 5.65 Å². The van der Waals surface area contributed by atoms with Crippen LogP contribution in [0.15, 0.2) is 0 Å². The Morgan fingerprint density at radius 1 is 1.31 bits per heavy atom. The van der Waals surface area contributed by atoms with E-state index in [0.717, 1.165) is 17.2 Å². The molecule has 0 aliphatic rings. The Bertz CT molecular complexity index is 523. The monoisotopic (exact) mass is 240 g/mol. The van der Waals surface area contributed by atoms with E-state index in [2.05, 4.69) is 15.2 Å². The number of hydrogen-bond acceptors (Lipinski definition) is 4. The summed E-state index contributed by atoms with van der Waals surface area (Å²) in [6.07, 6.45) is 1.34. The van der Waals surface area contributed by atoms with Gasteiger partial charge in [0, 0.05) is 18.7 Å². The summed E-state index contributed by atoms with van der Waals surface area (Å²) in [6, 6.07) is 0. The van der Waals surface area contributed by atoms with Crippen molar-refractivity contribution in [3.8, 4) is 0 Å². The van der Waals surface area contributed by atoms with Crippen LogP contribution < -0.4 is 0 Å². The Balaban J connectivity index is 2.60. The Hall–Kier alpha value is -1.20. The van der Waals surface area contributed by atoms with Crippen LogP contribution in [0.5, 0.6) is 0 Å². The van der Waals surface area contributed by atoms with Crippen molar-refractivity contribution in [2.24, 2.45) is 0 Å². The van der Waals surface area contributed by atoms with E-state index < -0.39 is 0 Å². The van der Waals surface area contributed by atoms with Crippen molar-refractivity contribution >= 4 is 17.2 Å². The highest BCUT2D eigenvalue weighted by Crippen LogP contribution is 2.18. The molecule has 0 fully saturated rings. The average molecular weight is 241 g/mol. The van der Waals surface area contributed by atoms with Gasteiger partial charge in [0.05, 0.1) is 5.69 Å². The molecule has 0 saturated carbocycles. The second-order valence-electron chi connectivity index (χ2n) is 3.68. The molecule has 0 bridgehead atoms. The van der Waals surface area contributed by atoms with Crippen LogP contribution in [-0.2, 0) is 6.42 Å². The molecule has 0 saturated heterocycles. The number of aromatic nitrogens is 4. The van der Waals surface area contributed by atoms with Crippen molar-refractivity contribution in [3.05, 3.63) is 22.4 Å². The molecule has 0 aromatic carbocycles. The predicted molar refractivity (Wildman–Crippen MR) is 60.7 cm³/mol. The minimum Gasteiger partial charge on any atom is -0.396 e. The zero-order valence-corrected chi connectivity index (χ0v) is 9.99. The maximum atomic E-state index is 8.82. The first kappa shape index (κ1) is 11.3. The molecule has 1 N–H and O–H groups in total. The molecule has 0 aliphatic carbocycles. The third-order valence-corrected chi connectivity index (χ3v) is 2.85. The second kappa shape index (κ2) is 4.35. The predicted octanol–water partition coefficient (Wildman–Crippen LogP) is 1.32.